The second-order valence-corrected chi connectivity index (χ2v) is 5.57. The van der Waals surface area contributed by atoms with Crippen LogP contribution in [-0.2, 0) is 0 Å². The fourth-order valence-electron chi connectivity index (χ4n) is 2.29. The van der Waals surface area contributed by atoms with Gasteiger partial charge in [0.1, 0.15) is 0 Å². The summed E-state index contributed by atoms with van der Waals surface area (Å²) in [5.41, 5.74) is 0.360. The van der Waals surface area contributed by atoms with Crippen molar-refractivity contribution in [1.29, 1.82) is 0 Å². The molecular formula is C12H15N3OS. The van der Waals surface area contributed by atoms with Crippen LogP contribution in [0, 0.1) is 0 Å². The Hall–Kier alpha value is -1.07. The van der Waals surface area contributed by atoms with Crippen LogP contribution in [0.25, 0.3) is 5.65 Å². The normalized spacial score (nSPS) is 18.9. The smallest absolute Gasteiger partial charge is 0.195 e. The van der Waals surface area contributed by atoms with Gasteiger partial charge in [0.25, 0.3) is 0 Å². The van der Waals surface area contributed by atoms with Gasteiger partial charge in [-0.2, -0.15) is 0 Å². The molecule has 2 heterocycles. The molecule has 0 spiro atoms. The van der Waals surface area contributed by atoms with Crippen LogP contribution in [0.5, 0.6) is 0 Å². The molecule has 0 unspecified atom stereocenters. The van der Waals surface area contributed by atoms with E-state index in [2.05, 4.69) is 10.2 Å². The maximum atomic E-state index is 10.3. The van der Waals surface area contributed by atoms with E-state index in [0.717, 1.165) is 36.5 Å². The summed E-state index contributed by atoms with van der Waals surface area (Å²) in [6, 6.07) is 5.84. The standard InChI is InChI=1S/C12H15N3OS/c16-12(6-2-3-7-12)9-17-11-14-13-10-5-1-4-8-15(10)11/h1,4-5,8,16H,2-3,6-7,9H2. The highest BCUT2D eigenvalue weighted by Gasteiger charge is 2.31. The van der Waals surface area contributed by atoms with Gasteiger partial charge in [-0.15, -0.1) is 10.2 Å². The summed E-state index contributed by atoms with van der Waals surface area (Å²) in [6.07, 6.45) is 6.05. The van der Waals surface area contributed by atoms with Crippen LogP contribution in [0.4, 0.5) is 0 Å². The van der Waals surface area contributed by atoms with Crippen molar-refractivity contribution in [2.45, 2.75) is 36.4 Å². The van der Waals surface area contributed by atoms with Crippen LogP contribution < -0.4 is 0 Å². The number of hydrogen-bond acceptors (Lipinski definition) is 4. The minimum atomic E-state index is -0.495. The number of thioether (sulfide) groups is 1. The molecule has 90 valence electrons. The van der Waals surface area contributed by atoms with Gasteiger partial charge in [0, 0.05) is 11.9 Å². The van der Waals surface area contributed by atoms with Crippen molar-refractivity contribution in [2.75, 3.05) is 5.75 Å². The molecule has 1 saturated carbocycles. The first-order valence-corrected chi connectivity index (χ1v) is 6.90. The Balaban J connectivity index is 1.76. The third-order valence-electron chi connectivity index (χ3n) is 3.29. The van der Waals surface area contributed by atoms with Gasteiger partial charge in [-0.1, -0.05) is 30.7 Å². The molecule has 1 aliphatic carbocycles. The van der Waals surface area contributed by atoms with Crippen molar-refractivity contribution in [3.63, 3.8) is 0 Å². The van der Waals surface area contributed by atoms with Crippen LogP contribution in [0.15, 0.2) is 29.6 Å². The van der Waals surface area contributed by atoms with Crippen LogP contribution >= 0.6 is 11.8 Å². The molecule has 3 rings (SSSR count). The van der Waals surface area contributed by atoms with Gasteiger partial charge in [-0.3, -0.25) is 4.40 Å². The number of rotatable bonds is 3. The summed E-state index contributed by atoms with van der Waals surface area (Å²) in [5, 5.41) is 19.4. The highest BCUT2D eigenvalue weighted by molar-refractivity contribution is 7.99. The maximum absolute atomic E-state index is 10.3. The number of fused-ring (bicyclic) bond motifs is 1. The summed E-state index contributed by atoms with van der Waals surface area (Å²) >= 11 is 1.59. The Labute approximate surface area is 104 Å². The van der Waals surface area contributed by atoms with Crippen molar-refractivity contribution in [2.24, 2.45) is 0 Å². The third kappa shape index (κ3) is 2.17. The van der Waals surface area contributed by atoms with Gasteiger partial charge in [-0.25, -0.2) is 0 Å². The first-order chi connectivity index (χ1) is 8.27. The predicted molar refractivity (Wildman–Crippen MR) is 67.1 cm³/mol. The topological polar surface area (TPSA) is 50.4 Å². The highest BCUT2D eigenvalue weighted by Crippen LogP contribution is 2.34. The third-order valence-corrected chi connectivity index (χ3v) is 4.50. The summed E-state index contributed by atoms with van der Waals surface area (Å²) in [4.78, 5) is 0. The predicted octanol–water partition coefficient (Wildman–Crippen LogP) is 2.13. The van der Waals surface area contributed by atoms with E-state index in [4.69, 9.17) is 0 Å². The molecule has 2 aromatic heterocycles. The zero-order valence-electron chi connectivity index (χ0n) is 9.54. The van der Waals surface area contributed by atoms with Gasteiger partial charge in [-0.05, 0) is 25.0 Å². The zero-order chi connectivity index (χ0) is 11.7. The van der Waals surface area contributed by atoms with Crippen molar-refractivity contribution in [3.8, 4) is 0 Å². The molecule has 2 aromatic rings. The molecule has 0 bridgehead atoms. The molecule has 17 heavy (non-hydrogen) atoms. The Morgan fingerprint density at radius 3 is 2.94 bits per heavy atom. The summed E-state index contributed by atoms with van der Waals surface area (Å²) in [6.45, 7) is 0. The van der Waals surface area contributed by atoms with Crippen molar-refractivity contribution in [1.82, 2.24) is 14.6 Å². The minimum Gasteiger partial charge on any atom is -0.389 e. The van der Waals surface area contributed by atoms with E-state index in [1.807, 2.05) is 28.8 Å². The van der Waals surface area contributed by atoms with Crippen molar-refractivity contribution >= 4 is 17.4 Å². The van der Waals surface area contributed by atoms with E-state index in [1.54, 1.807) is 11.8 Å². The Morgan fingerprint density at radius 2 is 2.12 bits per heavy atom. The summed E-state index contributed by atoms with van der Waals surface area (Å²) in [7, 11) is 0. The molecule has 0 atom stereocenters. The molecule has 0 aliphatic heterocycles. The summed E-state index contributed by atoms with van der Waals surface area (Å²) in [5.74, 6) is 0.711. The first-order valence-electron chi connectivity index (χ1n) is 5.92. The molecule has 1 fully saturated rings. The second-order valence-electron chi connectivity index (χ2n) is 4.63. The highest BCUT2D eigenvalue weighted by atomic mass is 32.2. The number of pyridine rings is 1. The number of aliphatic hydroxyl groups is 1. The van der Waals surface area contributed by atoms with E-state index in [-0.39, 0.29) is 0 Å². The lowest BCUT2D eigenvalue weighted by Crippen LogP contribution is -2.27. The molecule has 0 amide bonds. The summed E-state index contributed by atoms with van der Waals surface area (Å²) < 4.78 is 1.96. The zero-order valence-corrected chi connectivity index (χ0v) is 10.4. The monoisotopic (exact) mass is 249 g/mol. The van der Waals surface area contributed by atoms with E-state index in [0.29, 0.717) is 5.75 Å². The SMILES string of the molecule is OC1(CSc2nnc3ccccn23)CCCC1. The van der Waals surface area contributed by atoms with Crippen molar-refractivity contribution in [3.05, 3.63) is 24.4 Å². The molecule has 4 nitrogen and oxygen atoms in total. The second kappa shape index (κ2) is 4.31. The Bertz CT molecular complexity index is 519. The lowest BCUT2D eigenvalue weighted by Gasteiger charge is -2.20. The number of aromatic nitrogens is 3. The van der Waals surface area contributed by atoms with Gasteiger partial charge in [0.2, 0.25) is 0 Å². The molecule has 1 N–H and O–H groups in total. The Kier molecular flexibility index (Phi) is 2.80. The maximum Gasteiger partial charge on any atom is 0.195 e. The van der Waals surface area contributed by atoms with Gasteiger partial charge in [0.05, 0.1) is 5.60 Å². The molecule has 0 radical (unpaired) electrons. The van der Waals surface area contributed by atoms with Gasteiger partial charge < -0.3 is 5.11 Å². The van der Waals surface area contributed by atoms with E-state index < -0.39 is 5.60 Å². The van der Waals surface area contributed by atoms with Crippen LogP contribution in [0.2, 0.25) is 0 Å². The lowest BCUT2D eigenvalue weighted by molar-refractivity contribution is 0.0732. The van der Waals surface area contributed by atoms with E-state index >= 15 is 0 Å². The fraction of sp³-hybridized carbons (Fsp3) is 0.500. The average Bonchev–Trinajstić information content (AvgIpc) is 2.94. The van der Waals surface area contributed by atoms with E-state index in [9.17, 15) is 5.11 Å². The van der Waals surface area contributed by atoms with E-state index in [1.165, 1.54) is 0 Å². The van der Waals surface area contributed by atoms with Crippen molar-refractivity contribution < 1.29 is 5.11 Å². The molecular weight excluding hydrogens is 234 g/mol. The Morgan fingerprint density at radius 1 is 1.29 bits per heavy atom. The average molecular weight is 249 g/mol. The molecule has 0 aromatic carbocycles. The first kappa shape index (κ1) is 11.0. The minimum absolute atomic E-state index is 0.495. The van der Waals surface area contributed by atoms with Gasteiger partial charge in [0.15, 0.2) is 10.8 Å². The lowest BCUT2D eigenvalue weighted by atomic mass is 10.1. The van der Waals surface area contributed by atoms with Gasteiger partial charge >= 0.3 is 0 Å². The number of nitrogens with zero attached hydrogens (tertiary/aromatic N) is 3. The molecule has 1 aliphatic rings. The molecule has 5 heteroatoms. The van der Waals surface area contributed by atoms with Crippen LogP contribution in [0.1, 0.15) is 25.7 Å². The fourth-order valence-corrected chi connectivity index (χ4v) is 3.37. The quantitative estimate of drug-likeness (QED) is 0.847. The van der Waals surface area contributed by atoms with Crippen LogP contribution in [0.3, 0.4) is 0 Å². The molecule has 0 saturated heterocycles. The largest absolute Gasteiger partial charge is 0.389 e. The number of hydrogen-bond donors (Lipinski definition) is 1. The van der Waals surface area contributed by atoms with Crippen LogP contribution in [-0.4, -0.2) is 31.1 Å².